The van der Waals surface area contributed by atoms with Gasteiger partial charge in [0.1, 0.15) is 6.17 Å². The van der Waals surface area contributed by atoms with Crippen molar-refractivity contribution in [2.75, 3.05) is 10.6 Å². The number of nitrogens with one attached hydrogen (secondary N) is 4. The van der Waals surface area contributed by atoms with Gasteiger partial charge in [-0.15, -0.1) is 0 Å². The Bertz CT molecular complexity index is 1170. The molecule has 0 fully saturated rings. The zero-order chi connectivity index (χ0) is 25.4. The molecule has 3 aromatic carbocycles. The third-order valence-corrected chi connectivity index (χ3v) is 5.67. The van der Waals surface area contributed by atoms with E-state index in [1.54, 1.807) is 24.3 Å². The molecule has 35 heavy (non-hydrogen) atoms. The second-order valence-corrected chi connectivity index (χ2v) is 10.4. The maximum absolute atomic E-state index is 12.7. The summed E-state index contributed by atoms with van der Waals surface area (Å²) < 4.78 is -1.87. The molecule has 3 aromatic rings. The van der Waals surface area contributed by atoms with Crippen LogP contribution < -0.4 is 21.3 Å². The van der Waals surface area contributed by atoms with Gasteiger partial charge in [-0.25, -0.2) is 0 Å². The van der Waals surface area contributed by atoms with E-state index in [0.717, 1.165) is 16.7 Å². The van der Waals surface area contributed by atoms with E-state index in [1.165, 1.54) is 6.92 Å². The summed E-state index contributed by atoms with van der Waals surface area (Å²) in [5, 5.41) is 11.3. The maximum Gasteiger partial charge on any atom is 0.228 e. The minimum atomic E-state index is -1.87. The lowest BCUT2D eigenvalue weighted by Gasteiger charge is -2.28. The van der Waals surface area contributed by atoms with Gasteiger partial charge in [-0.2, -0.15) is 0 Å². The highest BCUT2D eigenvalue weighted by Crippen LogP contribution is 2.29. The van der Waals surface area contributed by atoms with Crippen LogP contribution in [-0.4, -0.2) is 26.9 Å². The first-order chi connectivity index (χ1) is 16.6. The largest absolute Gasteiger partial charge is 0.339 e. The van der Waals surface area contributed by atoms with Gasteiger partial charge in [0.2, 0.25) is 15.6 Å². The molecule has 6 nitrogen and oxygen atoms in total. The van der Waals surface area contributed by atoms with Crippen LogP contribution in [0, 0.1) is 0 Å². The molecule has 2 amide bonds. The Morgan fingerprint density at radius 3 is 1.89 bits per heavy atom. The monoisotopic (exact) mass is 548 g/mol. The maximum atomic E-state index is 12.7. The van der Waals surface area contributed by atoms with Gasteiger partial charge < -0.3 is 21.3 Å². The number of hydrogen-bond acceptors (Lipinski definition) is 3. The number of anilines is 2. The van der Waals surface area contributed by atoms with Crippen LogP contribution in [-0.2, 0) is 16.0 Å². The summed E-state index contributed by atoms with van der Waals surface area (Å²) in [6.07, 6.45) is -0.985. The van der Waals surface area contributed by atoms with E-state index in [-0.39, 0.29) is 23.3 Å². The van der Waals surface area contributed by atoms with Gasteiger partial charge in [0.25, 0.3) is 0 Å². The summed E-state index contributed by atoms with van der Waals surface area (Å²) in [6.45, 7) is 1.43. The van der Waals surface area contributed by atoms with Gasteiger partial charge in [0.15, 0.2) is 5.11 Å². The number of carbonyl (C=O) groups excluding carboxylic acids is 2. The molecule has 0 aliphatic rings. The fraction of sp³-hybridized carbons (Fsp3) is 0.160. The third-order valence-electron chi connectivity index (χ3n) is 4.80. The molecule has 182 valence electrons. The lowest BCUT2D eigenvalue weighted by molar-refractivity contribution is -0.121. The molecule has 0 spiro atoms. The molecule has 0 radical (unpaired) electrons. The Morgan fingerprint density at radius 2 is 1.34 bits per heavy atom. The number of benzene rings is 3. The Labute approximate surface area is 224 Å². The molecule has 0 bridgehead atoms. The van der Waals surface area contributed by atoms with Gasteiger partial charge >= 0.3 is 0 Å². The van der Waals surface area contributed by atoms with Gasteiger partial charge in [0, 0.05) is 18.3 Å². The number of rotatable bonds is 7. The predicted molar refractivity (Wildman–Crippen MR) is 148 cm³/mol. The molecular weight excluding hydrogens is 527 g/mol. The molecule has 0 saturated carbocycles. The van der Waals surface area contributed by atoms with Crippen molar-refractivity contribution in [3.05, 3.63) is 84.4 Å². The van der Waals surface area contributed by atoms with Crippen molar-refractivity contribution < 1.29 is 9.59 Å². The SMILES string of the molecule is CC(=O)Nc1ccc(NC(=S)NC(NC(=O)Cc2ccc(-c3ccccc3)cc2)C(Cl)(Cl)Cl)cc1. The van der Waals surface area contributed by atoms with Crippen LogP contribution in [0.25, 0.3) is 11.1 Å². The van der Waals surface area contributed by atoms with Crippen molar-refractivity contribution in [1.29, 1.82) is 0 Å². The van der Waals surface area contributed by atoms with Crippen LogP contribution in [0.1, 0.15) is 12.5 Å². The molecule has 3 rings (SSSR count). The molecule has 1 unspecified atom stereocenters. The van der Waals surface area contributed by atoms with Crippen LogP contribution in [0.2, 0.25) is 0 Å². The normalized spacial score (nSPS) is 11.8. The van der Waals surface area contributed by atoms with Crippen LogP contribution in [0.4, 0.5) is 11.4 Å². The first-order valence-electron chi connectivity index (χ1n) is 10.6. The number of alkyl halides is 3. The Hall–Kier alpha value is -2.84. The first kappa shape index (κ1) is 26.8. The molecule has 0 aromatic heterocycles. The summed E-state index contributed by atoms with van der Waals surface area (Å²) in [5.41, 5.74) is 4.24. The van der Waals surface area contributed by atoms with Crippen molar-refractivity contribution in [1.82, 2.24) is 10.6 Å². The molecule has 1 atom stereocenters. The molecule has 0 aliphatic carbocycles. The van der Waals surface area contributed by atoms with Crippen molar-refractivity contribution in [3.8, 4) is 11.1 Å². The Kier molecular flexibility index (Phi) is 9.34. The van der Waals surface area contributed by atoms with E-state index >= 15 is 0 Å². The number of thiocarbonyl (C=S) groups is 1. The van der Waals surface area contributed by atoms with Crippen molar-refractivity contribution in [2.24, 2.45) is 0 Å². The van der Waals surface area contributed by atoms with E-state index in [0.29, 0.717) is 11.4 Å². The average Bonchev–Trinajstić information content (AvgIpc) is 2.80. The standard InChI is InChI=1S/C25H23Cl3N4O2S/c1-16(33)29-20-11-13-21(14-12-20)30-24(35)32-23(25(26,27)28)31-22(34)15-17-7-9-19(10-8-17)18-5-3-2-4-6-18/h2-14,23H,15H2,1H3,(H,29,33)(H,31,34)(H2,30,32,35). The highest BCUT2D eigenvalue weighted by atomic mass is 35.6. The molecule has 0 saturated heterocycles. The first-order valence-corrected chi connectivity index (χ1v) is 12.1. The lowest BCUT2D eigenvalue weighted by atomic mass is 10.0. The predicted octanol–water partition coefficient (Wildman–Crippen LogP) is 5.65. The van der Waals surface area contributed by atoms with E-state index < -0.39 is 9.96 Å². The summed E-state index contributed by atoms with van der Waals surface area (Å²) in [6, 6.07) is 24.5. The number of hydrogen-bond donors (Lipinski definition) is 4. The molecular formula is C25H23Cl3N4O2S. The Morgan fingerprint density at radius 1 is 0.800 bits per heavy atom. The van der Waals surface area contributed by atoms with Crippen LogP contribution in [0.3, 0.4) is 0 Å². The van der Waals surface area contributed by atoms with Crippen molar-refractivity contribution >= 4 is 75.3 Å². The highest BCUT2D eigenvalue weighted by Gasteiger charge is 2.34. The lowest BCUT2D eigenvalue weighted by Crippen LogP contribution is -2.56. The van der Waals surface area contributed by atoms with Gasteiger partial charge in [-0.1, -0.05) is 89.4 Å². The summed E-state index contributed by atoms with van der Waals surface area (Å²) in [5.74, 6) is -0.514. The number of halogens is 3. The van der Waals surface area contributed by atoms with Crippen LogP contribution >= 0.6 is 47.0 Å². The minimum absolute atomic E-state index is 0.0960. The Balaban J connectivity index is 1.57. The highest BCUT2D eigenvalue weighted by molar-refractivity contribution is 7.80. The van der Waals surface area contributed by atoms with Crippen molar-refractivity contribution in [3.63, 3.8) is 0 Å². The van der Waals surface area contributed by atoms with E-state index in [4.69, 9.17) is 47.0 Å². The second kappa shape index (κ2) is 12.2. The van der Waals surface area contributed by atoms with Crippen LogP contribution in [0.5, 0.6) is 0 Å². The van der Waals surface area contributed by atoms with E-state index in [1.807, 2.05) is 54.6 Å². The average molecular weight is 550 g/mol. The molecule has 10 heteroatoms. The number of carbonyl (C=O) groups is 2. The summed E-state index contributed by atoms with van der Waals surface area (Å²) in [4.78, 5) is 23.8. The fourth-order valence-electron chi connectivity index (χ4n) is 3.18. The van der Waals surface area contributed by atoms with Crippen LogP contribution in [0.15, 0.2) is 78.9 Å². The third kappa shape index (κ3) is 8.71. The minimum Gasteiger partial charge on any atom is -0.339 e. The number of amides is 2. The summed E-state index contributed by atoms with van der Waals surface area (Å²) >= 11 is 23.5. The fourth-order valence-corrected chi connectivity index (χ4v) is 3.74. The van der Waals surface area contributed by atoms with Crippen molar-refractivity contribution in [2.45, 2.75) is 23.3 Å². The van der Waals surface area contributed by atoms with Gasteiger partial charge in [-0.05, 0) is 53.2 Å². The smallest absolute Gasteiger partial charge is 0.228 e. The molecule has 0 heterocycles. The van der Waals surface area contributed by atoms with E-state index in [9.17, 15) is 9.59 Å². The second-order valence-electron chi connectivity index (χ2n) is 7.64. The molecule has 0 aliphatic heterocycles. The quantitative estimate of drug-likeness (QED) is 0.174. The zero-order valence-electron chi connectivity index (χ0n) is 18.6. The van der Waals surface area contributed by atoms with Gasteiger partial charge in [-0.3, -0.25) is 9.59 Å². The zero-order valence-corrected chi connectivity index (χ0v) is 21.7. The summed E-state index contributed by atoms with van der Waals surface area (Å²) in [7, 11) is 0. The van der Waals surface area contributed by atoms with E-state index in [2.05, 4.69) is 21.3 Å². The molecule has 4 N–H and O–H groups in total. The topological polar surface area (TPSA) is 82.3 Å². The van der Waals surface area contributed by atoms with Gasteiger partial charge in [0.05, 0.1) is 6.42 Å².